The third-order valence-corrected chi connectivity index (χ3v) is 2.56. The van der Waals surface area contributed by atoms with Crippen molar-refractivity contribution < 1.29 is 31.5 Å². The van der Waals surface area contributed by atoms with Crippen molar-refractivity contribution in [3.05, 3.63) is 28.0 Å². The van der Waals surface area contributed by atoms with Gasteiger partial charge in [0.15, 0.2) is 0 Å². The molecule has 0 N–H and O–H groups in total. The highest BCUT2D eigenvalue weighted by atomic mass is 35.5. The second kappa shape index (κ2) is 6.34. The minimum absolute atomic E-state index is 0.0329. The number of hydrogen-bond donors (Lipinski definition) is 0. The summed E-state index contributed by atoms with van der Waals surface area (Å²) in [5, 5.41) is -0.582. The maximum atomic E-state index is 12.7. The lowest BCUT2D eigenvalue weighted by molar-refractivity contribution is -0.143. The average Bonchev–Trinajstić information content (AvgIpc) is 2.29. The molecule has 0 aliphatic rings. The Hall–Kier alpha value is -1.44. The Morgan fingerprint density at radius 3 is 2.50 bits per heavy atom. The van der Waals surface area contributed by atoms with E-state index in [-0.39, 0.29) is 12.2 Å². The van der Waals surface area contributed by atoms with E-state index in [9.17, 15) is 26.7 Å². The highest BCUT2D eigenvalue weighted by Gasteiger charge is 2.37. The fourth-order valence-corrected chi connectivity index (χ4v) is 1.64. The number of carbonyl (C=O) groups is 1. The van der Waals surface area contributed by atoms with Gasteiger partial charge in [-0.15, -0.1) is 0 Å². The zero-order valence-electron chi connectivity index (χ0n) is 10.1. The van der Waals surface area contributed by atoms with Gasteiger partial charge >= 0.3 is 12.1 Å². The van der Waals surface area contributed by atoms with E-state index in [1.807, 2.05) is 0 Å². The van der Waals surface area contributed by atoms with Gasteiger partial charge in [0.05, 0.1) is 18.6 Å². The molecule has 0 saturated heterocycles. The fourth-order valence-electron chi connectivity index (χ4n) is 1.43. The number of halogens is 6. The summed E-state index contributed by atoms with van der Waals surface area (Å²) < 4.78 is 67.6. The van der Waals surface area contributed by atoms with Gasteiger partial charge in [0.25, 0.3) is 6.43 Å². The second-order valence-corrected chi connectivity index (χ2v) is 4.01. The summed E-state index contributed by atoms with van der Waals surface area (Å²) in [6.45, 7) is 1.55. The van der Waals surface area contributed by atoms with Gasteiger partial charge in [-0.1, -0.05) is 11.6 Å². The third kappa shape index (κ3) is 4.03. The summed E-state index contributed by atoms with van der Waals surface area (Å²) in [7, 11) is 0. The molecule has 1 aromatic rings. The van der Waals surface area contributed by atoms with Crippen LogP contribution in [-0.2, 0) is 22.1 Å². The summed E-state index contributed by atoms with van der Waals surface area (Å²) in [5.74, 6) is -0.825. The van der Waals surface area contributed by atoms with Crippen molar-refractivity contribution in [1.82, 2.24) is 4.98 Å². The molecule has 0 atom stereocenters. The summed E-state index contributed by atoms with van der Waals surface area (Å²) in [6, 6.07) is 0.397. The van der Waals surface area contributed by atoms with E-state index in [0.717, 1.165) is 0 Å². The van der Waals surface area contributed by atoms with Gasteiger partial charge in [0.2, 0.25) is 0 Å². The molecule has 9 heteroatoms. The number of aromatic nitrogens is 1. The van der Waals surface area contributed by atoms with Crippen molar-refractivity contribution in [2.45, 2.75) is 25.9 Å². The molecule has 1 heterocycles. The maximum absolute atomic E-state index is 12.7. The van der Waals surface area contributed by atoms with Gasteiger partial charge in [-0.2, -0.15) is 13.2 Å². The van der Waals surface area contributed by atoms with Crippen LogP contribution in [0.5, 0.6) is 0 Å². The van der Waals surface area contributed by atoms with Crippen LogP contribution in [0.4, 0.5) is 22.0 Å². The molecule has 0 saturated carbocycles. The maximum Gasteiger partial charge on any atom is 0.418 e. The van der Waals surface area contributed by atoms with Crippen LogP contribution >= 0.6 is 11.6 Å². The van der Waals surface area contributed by atoms with Gasteiger partial charge in [0, 0.05) is 5.56 Å². The fraction of sp³-hybridized carbons (Fsp3) is 0.455. The van der Waals surface area contributed by atoms with Crippen molar-refractivity contribution in [1.29, 1.82) is 0 Å². The molecule has 3 nitrogen and oxygen atoms in total. The number of pyridine rings is 1. The second-order valence-electron chi connectivity index (χ2n) is 3.65. The van der Waals surface area contributed by atoms with E-state index in [4.69, 9.17) is 11.6 Å². The van der Waals surface area contributed by atoms with Crippen molar-refractivity contribution >= 4 is 17.6 Å². The van der Waals surface area contributed by atoms with Crippen LogP contribution in [0.1, 0.15) is 30.2 Å². The number of ether oxygens (including phenoxy) is 1. The standard InChI is InChI=1S/C11H9ClF5NO2/c1-2-20-7(19)4-5-3-6(11(15,16)17)8(10(13)14)18-9(5)12/h3,10H,2,4H2,1H3. The smallest absolute Gasteiger partial charge is 0.418 e. The SMILES string of the molecule is CCOC(=O)Cc1cc(C(F)(F)F)c(C(F)F)nc1Cl. The molecule has 0 unspecified atom stereocenters. The third-order valence-electron chi connectivity index (χ3n) is 2.23. The van der Waals surface area contributed by atoms with Crippen LogP contribution in [0, 0.1) is 0 Å². The molecule has 0 spiro atoms. The van der Waals surface area contributed by atoms with Gasteiger partial charge in [-0.05, 0) is 13.0 Å². The molecule has 1 aromatic heterocycles. The molecule has 0 fully saturated rings. The van der Waals surface area contributed by atoms with Gasteiger partial charge < -0.3 is 4.74 Å². The first kappa shape index (κ1) is 16.6. The topological polar surface area (TPSA) is 39.2 Å². The number of nitrogens with zero attached hydrogens (tertiary/aromatic N) is 1. The summed E-state index contributed by atoms with van der Waals surface area (Å²) in [5.41, 5.74) is -3.40. The van der Waals surface area contributed by atoms with Gasteiger partial charge in [0.1, 0.15) is 10.8 Å². The summed E-state index contributed by atoms with van der Waals surface area (Å²) in [4.78, 5) is 14.2. The van der Waals surface area contributed by atoms with Crippen LogP contribution in [0.3, 0.4) is 0 Å². The molecule has 0 aliphatic heterocycles. The Bertz CT molecular complexity index is 504. The number of esters is 1. The lowest BCUT2D eigenvalue weighted by Crippen LogP contribution is -2.15. The largest absolute Gasteiger partial charge is 0.466 e. The van der Waals surface area contributed by atoms with E-state index in [0.29, 0.717) is 6.07 Å². The predicted molar refractivity (Wildman–Crippen MR) is 59.5 cm³/mol. The van der Waals surface area contributed by atoms with Crippen LogP contribution in [0.15, 0.2) is 6.07 Å². The molecule has 0 radical (unpaired) electrons. The van der Waals surface area contributed by atoms with Crippen molar-refractivity contribution in [3.8, 4) is 0 Å². The zero-order valence-corrected chi connectivity index (χ0v) is 10.9. The van der Waals surface area contributed by atoms with E-state index < -0.39 is 41.4 Å². The highest BCUT2D eigenvalue weighted by molar-refractivity contribution is 6.30. The Morgan fingerprint density at radius 1 is 1.45 bits per heavy atom. The Balaban J connectivity index is 3.25. The molecule has 1 rings (SSSR count). The summed E-state index contributed by atoms with van der Waals surface area (Å²) >= 11 is 5.52. The van der Waals surface area contributed by atoms with E-state index in [1.54, 1.807) is 0 Å². The first-order valence-electron chi connectivity index (χ1n) is 5.37. The number of alkyl halides is 5. The van der Waals surface area contributed by atoms with E-state index in [2.05, 4.69) is 9.72 Å². The average molecular weight is 318 g/mol. The number of carbonyl (C=O) groups excluding carboxylic acids is 1. The highest BCUT2D eigenvalue weighted by Crippen LogP contribution is 2.37. The first-order chi connectivity index (χ1) is 9.16. The molecule has 0 bridgehead atoms. The molecule has 0 aliphatic carbocycles. The monoisotopic (exact) mass is 317 g/mol. The number of rotatable bonds is 4. The van der Waals surface area contributed by atoms with Crippen molar-refractivity contribution in [2.75, 3.05) is 6.61 Å². The Kier molecular flexibility index (Phi) is 5.27. The quantitative estimate of drug-likeness (QED) is 0.482. The van der Waals surface area contributed by atoms with E-state index in [1.165, 1.54) is 6.92 Å². The van der Waals surface area contributed by atoms with E-state index >= 15 is 0 Å². The van der Waals surface area contributed by atoms with Crippen LogP contribution in [0.2, 0.25) is 5.15 Å². The summed E-state index contributed by atoms with van der Waals surface area (Å²) in [6.07, 6.45) is -9.03. The molecule has 20 heavy (non-hydrogen) atoms. The minimum atomic E-state index is -5.02. The van der Waals surface area contributed by atoms with Crippen LogP contribution in [0.25, 0.3) is 0 Å². The lowest BCUT2D eigenvalue weighted by atomic mass is 10.1. The molecule has 112 valence electrons. The Labute approximate surface area is 115 Å². The van der Waals surface area contributed by atoms with Crippen LogP contribution in [-0.4, -0.2) is 17.6 Å². The predicted octanol–water partition coefficient (Wildman–Crippen LogP) is 3.80. The molecular weight excluding hydrogens is 309 g/mol. The zero-order chi connectivity index (χ0) is 15.5. The minimum Gasteiger partial charge on any atom is -0.466 e. The molecule has 0 amide bonds. The Morgan fingerprint density at radius 2 is 2.05 bits per heavy atom. The van der Waals surface area contributed by atoms with Crippen molar-refractivity contribution in [2.24, 2.45) is 0 Å². The van der Waals surface area contributed by atoms with Crippen molar-refractivity contribution in [3.63, 3.8) is 0 Å². The number of hydrogen-bond acceptors (Lipinski definition) is 3. The lowest BCUT2D eigenvalue weighted by Gasteiger charge is -2.14. The van der Waals surface area contributed by atoms with Crippen LogP contribution < -0.4 is 0 Å². The first-order valence-corrected chi connectivity index (χ1v) is 5.74. The van der Waals surface area contributed by atoms with Gasteiger partial charge in [-0.3, -0.25) is 4.79 Å². The normalized spacial score (nSPS) is 11.8. The van der Waals surface area contributed by atoms with Gasteiger partial charge in [-0.25, -0.2) is 13.8 Å². The molecule has 0 aromatic carbocycles. The molecular formula is C11H9ClF5NO2.